The maximum absolute atomic E-state index is 12.9. The quantitative estimate of drug-likeness (QED) is 0.0261. The predicted molar refractivity (Wildman–Crippen MR) is 334 cm³/mol. The Hall–Kier alpha value is -3.41. The zero-order valence-electron chi connectivity index (χ0n) is 51.0. The molecule has 0 saturated heterocycles. The molecule has 0 heterocycles. The van der Waals surface area contributed by atoms with Crippen LogP contribution < -0.4 is 0 Å². The van der Waals surface area contributed by atoms with Crippen LogP contribution in [0.1, 0.15) is 329 Å². The summed E-state index contributed by atoms with van der Waals surface area (Å²) in [6.07, 6.45) is 86.0. The van der Waals surface area contributed by atoms with Crippen LogP contribution >= 0.6 is 0 Å². The van der Waals surface area contributed by atoms with Gasteiger partial charge in [-0.15, -0.1) is 0 Å². The average molecular weight is 1070 g/mol. The molecular weight excluding hydrogens is 949 g/mol. The van der Waals surface area contributed by atoms with Crippen molar-refractivity contribution in [3.05, 3.63) is 85.1 Å². The maximum Gasteiger partial charge on any atom is 0.306 e. The van der Waals surface area contributed by atoms with Gasteiger partial charge in [-0.25, -0.2) is 0 Å². The third-order valence-corrected chi connectivity index (χ3v) is 14.4. The van der Waals surface area contributed by atoms with E-state index in [1.165, 1.54) is 173 Å². The van der Waals surface area contributed by atoms with E-state index < -0.39 is 6.10 Å². The topological polar surface area (TPSA) is 78.9 Å². The van der Waals surface area contributed by atoms with E-state index in [1.54, 1.807) is 0 Å². The number of unbranched alkanes of at least 4 members (excludes halogenated alkanes) is 35. The summed E-state index contributed by atoms with van der Waals surface area (Å²) in [6, 6.07) is 0. The van der Waals surface area contributed by atoms with Gasteiger partial charge in [-0.3, -0.25) is 14.4 Å². The van der Waals surface area contributed by atoms with E-state index in [4.69, 9.17) is 14.2 Å². The number of ether oxygens (including phenoxy) is 3. The van der Waals surface area contributed by atoms with Crippen LogP contribution in [0, 0.1) is 0 Å². The molecule has 0 aliphatic carbocycles. The van der Waals surface area contributed by atoms with Crippen molar-refractivity contribution in [3.8, 4) is 0 Å². The number of hydrogen-bond donors (Lipinski definition) is 0. The lowest BCUT2D eigenvalue weighted by Gasteiger charge is -2.18. The summed E-state index contributed by atoms with van der Waals surface area (Å²) in [6.45, 7) is 6.49. The molecule has 0 bridgehead atoms. The van der Waals surface area contributed by atoms with Crippen molar-refractivity contribution in [1.82, 2.24) is 0 Å². The highest BCUT2D eigenvalue weighted by molar-refractivity contribution is 5.71. The number of carbonyl (C=O) groups is 3. The first-order valence-corrected chi connectivity index (χ1v) is 33.1. The number of rotatable bonds is 60. The number of hydrogen-bond acceptors (Lipinski definition) is 6. The molecule has 1 unspecified atom stereocenters. The average Bonchev–Trinajstić information content (AvgIpc) is 3.43. The minimum atomic E-state index is -0.783. The zero-order chi connectivity index (χ0) is 55.7. The molecule has 1 atom stereocenters. The fourth-order valence-electron chi connectivity index (χ4n) is 9.45. The fourth-order valence-corrected chi connectivity index (χ4v) is 9.45. The molecule has 0 aromatic rings. The lowest BCUT2D eigenvalue weighted by molar-refractivity contribution is -0.167. The highest BCUT2D eigenvalue weighted by atomic mass is 16.6. The van der Waals surface area contributed by atoms with Gasteiger partial charge in [0.05, 0.1) is 0 Å². The summed E-state index contributed by atoms with van der Waals surface area (Å²) in [4.78, 5) is 38.3. The molecule has 0 saturated carbocycles. The second kappa shape index (κ2) is 65.1. The van der Waals surface area contributed by atoms with Gasteiger partial charge >= 0.3 is 17.9 Å². The second-order valence-corrected chi connectivity index (χ2v) is 22.0. The molecule has 0 aliphatic rings. The van der Waals surface area contributed by atoms with Crippen LogP contribution in [0.3, 0.4) is 0 Å². The van der Waals surface area contributed by atoms with Crippen LogP contribution in [-0.2, 0) is 28.6 Å². The van der Waals surface area contributed by atoms with Crippen molar-refractivity contribution in [2.75, 3.05) is 13.2 Å². The minimum absolute atomic E-state index is 0.0795. The van der Waals surface area contributed by atoms with Crippen molar-refractivity contribution < 1.29 is 28.6 Å². The first-order valence-electron chi connectivity index (χ1n) is 33.1. The van der Waals surface area contributed by atoms with Crippen molar-refractivity contribution >= 4 is 17.9 Å². The Bertz CT molecular complexity index is 1470. The molecule has 6 heteroatoms. The summed E-state index contributed by atoms with van der Waals surface area (Å²) < 4.78 is 16.9. The Morgan fingerprint density at radius 2 is 0.532 bits per heavy atom. The molecule has 6 nitrogen and oxygen atoms in total. The Balaban J connectivity index is 4.28. The van der Waals surface area contributed by atoms with E-state index in [9.17, 15) is 14.4 Å². The highest BCUT2D eigenvalue weighted by Crippen LogP contribution is 2.17. The van der Waals surface area contributed by atoms with E-state index in [1.807, 2.05) is 0 Å². The molecule has 0 amide bonds. The van der Waals surface area contributed by atoms with Crippen LogP contribution in [0.4, 0.5) is 0 Å². The number of carbonyl (C=O) groups excluding carboxylic acids is 3. The molecule has 444 valence electrons. The lowest BCUT2D eigenvalue weighted by Crippen LogP contribution is -2.30. The van der Waals surface area contributed by atoms with Crippen molar-refractivity contribution in [3.63, 3.8) is 0 Å². The third kappa shape index (κ3) is 63.3. The highest BCUT2D eigenvalue weighted by Gasteiger charge is 2.19. The van der Waals surface area contributed by atoms with Gasteiger partial charge < -0.3 is 14.2 Å². The van der Waals surface area contributed by atoms with Crippen LogP contribution in [0.25, 0.3) is 0 Å². The molecule has 0 radical (unpaired) electrons. The van der Waals surface area contributed by atoms with Gasteiger partial charge in [0.15, 0.2) is 6.10 Å². The molecule has 77 heavy (non-hydrogen) atoms. The SMILES string of the molecule is CC/C=C\C/C=C\C/C=C\C/C=C\C/C=C\CCCCCCCCCCCCCC(=O)OCC(COC(=O)CCCCCCC/C=C\C/C=C\CCC)OC(=O)CCCCCCCCCCCCCCCCCCCCC. The second-order valence-electron chi connectivity index (χ2n) is 22.0. The van der Waals surface area contributed by atoms with E-state index in [0.29, 0.717) is 19.3 Å². The first kappa shape index (κ1) is 73.6. The summed E-state index contributed by atoms with van der Waals surface area (Å²) in [5.41, 5.74) is 0. The Morgan fingerprint density at radius 3 is 0.844 bits per heavy atom. The number of allylic oxidation sites excluding steroid dienone is 14. The monoisotopic (exact) mass is 1070 g/mol. The summed E-state index contributed by atoms with van der Waals surface area (Å²) >= 11 is 0. The third-order valence-electron chi connectivity index (χ3n) is 14.4. The van der Waals surface area contributed by atoms with Crippen LogP contribution in [0.2, 0.25) is 0 Å². The van der Waals surface area contributed by atoms with Gasteiger partial charge in [0, 0.05) is 19.3 Å². The zero-order valence-corrected chi connectivity index (χ0v) is 51.0. The van der Waals surface area contributed by atoms with Crippen LogP contribution in [0.15, 0.2) is 85.1 Å². The van der Waals surface area contributed by atoms with E-state index >= 15 is 0 Å². The first-order chi connectivity index (χ1) is 38.0. The number of esters is 3. The molecule has 0 N–H and O–H groups in total. The molecule has 0 rings (SSSR count). The molecule has 0 spiro atoms. The van der Waals surface area contributed by atoms with Gasteiger partial charge in [-0.1, -0.05) is 305 Å². The molecule has 0 aliphatic heterocycles. The van der Waals surface area contributed by atoms with E-state index in [2.05, 4.69) is 106 Å². The Kier molecular flexibility index (Phi) is 62.2. The summed E-state index contributed by atoms with van der Waals surface area (Å²) in [7, 11) is 0. The maximum atomic E-state index is 12.9. The van der Waals surface area contributed by atoms with Gasteiger partial charge in [0.1, 0.15) is 13.2 Å². The summed E-state index contributed by atoms with van der Waals surface area (Å²) in [5, 5.41) is 0. The minimum Gasteiger partial charge on any atom is -0.462 e. The summed E-state index contributed by atoms with van der Waals surface area (Å²) in [5.74, 6) is -0.880. The molecule has 0 fully saturated rings. The smallest absolute Gasteiger partial charge is 0.306 e. The van der Waals surface area contributed by atoms with Crippen LogP contribution in [-0.4, -0.2) is 37.2 Å². The van der Waals surface area contributed by atoms with Gasteiger partial charge in [-0.2, -0.15) is 0 Å². The van der Waals surface area contributed by atoms with Crippen molar-refractivity contribution in [1.29, 1.82) is 0 Å². The van der Waals surface area contributed by atoms with Gasteiger partial charge in [0.2, 0.25) is 0 Å². The normalized spacial score (nSPS) is 12.6. The van der Waals surface area contributed by atoms with Gasteiger partial charge in [-0.05, 0) is 89.9 Å². The Labute approximate surface area is 477 Å². The lowest BCUT2D eigenvalue weighted by atomic mass is 10.0. The van der Waals surface area contributed by atoms with Crippen molar-refractivity contribution in [2.24, 2.45) is 0 Å². The molecule has 0 aromatic heterocycles. The van der Waals surface area contributed by atoms with E-state index in [-0.39, 0.29) is 31.1 Å². The molecule has 0 aromatic carbocycles. The van der Waals surface area contributed by atoms with Gasteiger partial charge in [0.25, 0.3) is 0 Å². The fraction of sp³-hybridized carbons (Fsp3) is 0.761. The Morgan fingerprint density at radius 1 is 0.273 bits per heavy atom. The van der Waals surface area contributed by atoms with E-state index in [0.717, 1.165) is 116 Å². The standard InChI is InChI=1S/C71H124O6/c1-4-7-10-13-16-19-22-25-27-29-31-32-33-34-35-36-37-38-40-41-43-46-49-52-55-58-61-64-70(73)76-67-68(66-75-69(72)63-60-57-54-51-48-45-24-21-18-15-12-9-6-3)77-71(74)65-62-59-56-53-50-47-44-42-39-30-28-26-23-20-17-14-11-8-5-2/h7,10,12,15-16,19,21,24-25,27,31-32,34-35,68H,4-6,8-9,11,13-14,17-18,20,22-23,26,28-30,33,36-67H2,1-3H3/b10-7-,15-12-,19-16-,24-21-,27-25-,32-31-,35-34-. The largest absolute Gasteiger partial charge is 0.462 e. The predicted octanol–water partition coefficient (Wildman–Crippen LogP) is 22.7. The van der Waals surface area contributed by atoms with Crippen molar-refractivity contribution in [2.45, 2.75) is 335 Å². The molecular formula is C71H124O6. The van der Waals surface area contributed by atoms with Crippen LogP contribution in [0.5, 0.6) is 0 Å².